The van der Waals surface area contributed by atoms with Gasteiger partial charge in [-0.3, -0.25) is 4.90 Å². The van der Waals surface area contributed by atoms with Crippen LogP contribution in [0.3, 0.4) is 0 Å². The molecule has 1 heterocycles. The van der Waals surface area contributed by atoms with Gasteiger partial charge >= 0.3 is 0 Å². The second kappa shape index (κ2) is 7.25. The van der Waals surface area contributed by atoms with E-state index in [4.69, 9.17) is 11.6 Å². The van der Waals surface area contributed by atoms with Crippen LogP contribution >= 0.6 is 22.9 Å². The van der Waals surface area contributed by atoms with E-state index >= 15 is 0 Å². The molecule has 0 fully saturated rings. The fourth-order valence-electron chi connectivity index (χ4n) is 1.57. The summed E-state index contributed by atoms with van der Waals surface area (Å²) in [5.41, 5.74) is 1.17. The Morgan fingerprint density at radius 3 is 2.56 bits per heavy atom. The van der Waals surface area contributed by atoms with E-state index in [0.29, 0.717) is 5.88 Å². The van der Waals surface area contributed by atoms with E-state index in [2.05, 4.69) is 30.7 Å². The molecule has 0 aliphatic carbocycles. The minimum Gasteiger partial charge on any atom is -0.295 e. The lowest BCUT2D eigenvalue weighted by molar-refractivity contribution is 0.276. The number of aromatic nitrogens is 1. The molecule has 0 atom stereocenters. The molecule has 0 spiro atoms. The Balaban J connectivity index is 2.52. The van der Waals surface area contributed by atoms with Crippen LogP contribution in [0.15, 0.2) is 0 Å². The normalized spacial score (nSPS) is 11.3. The van der Waals surface area contributed by atoms with Gasteiger partial charge < -0.3 is 0 Å². The van der Waals surface area contributed by atoms with Gasteiger partial charge in [0.25, 0.3) is 0 Å². The number of aryl methyl sites for hydroxylation is 2. The van der Waals surface area contributed by atoms with Gasteiger partial charge in [0.1, 0.15) is 5.01 Å². The van der Waals surface area contributed by atoms with Crippen molar-refractivity contribution in [1.82, 2.24) is 9.88 Å². The van der Waals surface area contributed by atoms with E-state index < -0.39 is 0 Å². The van der Waals surface area contributed by atoms with Crippen molar-refractivity contribution in [3.05, 3.63) is 15.6 Å². The number of nitrogens with zero attached hydrogens (tertiary/aromatic N) is 2. The Bertz CT molecular complexity index is 292. The van der Waals surface area contributed by atoms with E-state index in [1.54, 1.807) is 11.3 Å². The van der Waals surface area contributed by atoms with Gasteiger partial charge in [-0.1, -0.05) is 13.3 Å². The summed E-state index contributed by atoms with van der Waals surface area (Å²) in [5.74, 6) is 0.701. The molecule has 1 rings (SSSR count). The third-order valence-corrected chi connectivity index (χ3v) is 3.89. The zero-order valence-electron chi connectivity index (χ0n) is 10.4. The third kappa shape index (κ3) is 4.40. The van der Waals surface area contributed by atoms with Crippen molar-refractivity contribution in [3.63, 3.8) is 0 Å². The molecule has 0 aliphatic heterocycles. The van der Waals surface area contributed by atoms with E-state index in [0.717, 1.165) is 19.6 Å². The molecular formula is C12H21ClN2S. The lowest BCUT2D eigenvalue weighted by Gasteiger charge is -2.19. The van der Waals surface area contributed by atoms with E-state index in [9.17, 15) is 0 Å². The highest BCUT2D eigenvalue weighted by Crippen LogP contribution is 2.18. The molecule has 0 radical (unpaired) electrons. The van der Waals surface area contributed by atoms with Crippen LogP contribution in [-0.4, -0.2) is 28.9 Å². The molecule has 92 valence electrons. The molecule has 0 aliphatic rings. The molecule has 0 amide bonds. The molecule has 0 unspecified atom stereocenters. The number of unbranched alkanes of at least 4 members (excludes halogenated alkanes) is 1. The van der Waals surface area contributed by atoms with Crippen LogP contribution in [0.2, 0.25) is 0 Å². The number of hydrogen-bond donors (Lipinski definition) is 0. The maximum absolute atomic E-state index is 5.82. The van der Waals surface area contributed by atoms with Crippen molar-refractivity contribution in [2.24, 2.45) is 0 Å². The Kier molecular flexibility index (Phi) is 6.32. The highest BCUT2D eigenvalue weighted by Gasteiger charge is 2.09. The number of hydrogen-bond acceptors (Lipinski definition) is 3. The predicted molar refractivity (Wildman–Crippen MR) is 72.5 cm³/mol. The van der Waals surface area contributed by atoms with Gasteiger partial charge in [0.15, 0.2) is 0 Å². The maximum Gasteiger partial charge on any atom is 0.107 e. The molecule has 1 aromatic rings. The summed E-state index contributed by atoms with van der Waals surface area (Å²) in [7, 11) is 0. The van der Waals surface area contributed by atoms with Gasteiger partial charge in [0.2, 0.25) is 0 Å². The smallest absolute Gasteiger partial charge is 0.107 e. The first-order valence-electron chi connectivity index (χ1n) is 5.88. The number of alkyl halides is 1. The summed E-state index contributed by atoms with van der Waals surface area (Å²) in [6, 6.07) is 0. The van der Waals surface area contributed by atoms with Crippen molar-refractivity contribution in [1.29, 1.82) is 0 Å². The van der Waals surface area contributed by atoms with Crippen molar-refractivity contribution in [2.75, 3.05) is 19.0 Å². The molecule has 2 nitrogen and oxygen atoms in total. The molecule has 0 saturated heterocycles. The van der Waals surface area contributed by atoms with Crippen molar-refractivity contribution >= 4 is 22.9 Å². The van der Waals surface area contributed by atoms with Gasteiger partial charge in [-0.2, -0.15) is 0 Å². The Labute approximate surface area is 108 Å². The van der Waals surface area contributed by atoms with Gasteiger partial charge in [0, 0.05) is 17.3 Å². The van der Waals surface area contributed by atoms with Crippen molar-refractivity contribution in [2.45, 2.75) is 40.2 Å². The number of rotatable bonds is 7. The lowest BCUT2D eigenvalue weighted by Crippen LogP contribution is -2.26. The first kappa shape index (κ1) is 13.9. The first-order chi connectivity index (χ1) is 7.67. The summed E-state index contributed by atoms with van der Waals surface area (Å²) in [6.07, 6.45) is 2.47. The second-order valence-electron chi connectivity index (χ2n) is 4.07. The van der Waals surface area contributed by atoms with Crippen LogP contribution in [0.4, 0.5) is 0 Å². The fourth-order valence-corrected chi connectivity index (χ4v) is 2.78. The van der Waals surface area contributed by atoms with Crippen molar-refractivity contribution < 1.29 is 0 Å². The average molecular weight is 261 g/mol. The van der Waals surface area contributed by atoms with Crippen LogP contribution in [-0.2, 0) is 6.54 Å². The van der Waals surface area contributed by atoms with Gasteiger partial charge in [-0.25, -0.2) is 4.98 Å². The third-order valence-electron chi connectivity index (χ3n) is 2.66. The predicted octanol–water partition coefficient (Wildman–Crippen LogP) is 3.60. The maximum atomic E-state index is 5.82. The highest BCUT2D eigenvalue weighted by atomic mass is 35.5. The monoisotopic (exact) mass is 260 g/mol. The molecule has 4 heteroatoms. The van der Waals surface area contributed by atoms with E-state index in [1.807, 2.05) is 0 Å². The molecule has 1 aromatic heterocycles. The lowest BCUT2D eigenvalue weighted by atomic mass is 10.3. The largest absolute Gasteiger partial charge is 0.295 e. The van der Waals surface area contributed by atoms with Gasteiger partial charge in [-0.05, 0) is 26.8 Å². The summed E-state index contributed by atoms with van der Waals surface area (Å²) in [5, 5.41) is 1.22. The Morgan fingerprint density at radius 1 is 1.31 bits per heavy atom. The van der Waals surface area contributed by atoms with Gasteiger partial charge in [0.05, 0.1) is 12.2 Å². The Morgan fingerprint density at radius 2 is 2.06 bits per heavy atom. The Hall–Kier alpha value is -0.120. The molecule has 0 aromatic carbocycles. The zero-order chi connectivity index (χ0) is 12.0. The minimum absolute atomic E-state index is 0.701. The fraction of sp³-hybridized carbons (Fsp3) is 0.750. The quantitative estimate of drug-likeness (QED) is 0.697. The standard InChI is InChI=1S/C12H21ClN2S/c1-4-5-7-15(8-6-13)9-12-14-10(2)11(3)16-12/h4-9H2,1-3H3. The minimum atomic E-state index is 0.701. The van der Waals surface area contributed by atoms with Crippen molar-refractivity contribution in [3.8, 4) is 0 Å². The van der Waals surface area contributed by atoms with Crippen LogP contribution in [0, 0.1) is 13.8 Å². The van der Waals surface area contributed by atoms with Crippen LogP contribution in [0.1, 0.15) is 35.3 Å². The number of halogens is 1. The molecule has 0 saturated carbocycles. The molecule has 0 N–H and O–H groups in total. The second-order valence-corrected chi connectivity index (χ2v) is 5.73. The van der Waals surface area contributed by atoms with Gasteiger partial charge in [-0.15, -0.1) is 22.9 Å². The van der Waals surface area contributed by atoms with Crippen LogP contribution < -0.4 is 0 Å². The first-order valence-corrected chi connectivity index (χ1v) is 7.23. The SMILES string of the molecule is CCCCN(CCCl)Cc1nc(C)c(C)s1. The summed E-state index contributed by atoms with van der Waals surface area (Å²) in [6.45, 7) is 9.46. The molecule has 16 heavy (non-hydrogen) atoms. The topological polar surface area (TPSA) is 16.1 Å². The number of thiazole rings is 1. The average Bonchev–Trinajstić information content (AvgIpc) is 2.55. The summed E-state index contributed by atoms with van der Waals surface area (Å²) >= 11 is 7.63. The summed E-state index contributed by atoms with van der Waals surface area (Å²) < 4.78 is 0. The van der Waals surface area contributed by atoms with Crippen LogP contribution in [0.25, 0.3) is 0 Å². The highest BCUT2D eigenvalue weighted by molar-refractivity contribution is 7.11. The van der Waals surface area contributed by atoms with Crippen LogP contribution in [0.5, 0.6) is 0 Å². The van der Waals surface area contributed by atoms with E-state index in [1.165, 1.54) is 28.4 Å². The molecular weight excluding hydrogens is 240 g/mol. The summed E-state index contributed by atoms with van der Waals surface area (Å²) in [4.78, 5) is 8.30. The molecule has 0 bridgehead atoms. The van der Waals surface area contributed by atoms with E-state index in [-0.39, 0.29) is 0 Å². The zero-order valence-corrected chi connectivity index (χ0v) is 12.0.